The summed E-state index contributed by atoms with van der Waals surface area (Å²) < 4.78 is 4.57. The highest BCUT2D eigenvalue weighted by molar-refractivity contribution is 7.99. The number of hydrogen-bond acceptors (Lipinski definition) is 4. The molecule has 2 heterocycles. The fourth-order valence-corrected chi connectivity index (χ4v) is 4.69. The number of hydrogen-bond donors (Lipinski definition) is 0. The van der Waals surface area contributed by atoms with Gasteiger partial charge in [0.05, 0.1) is 6.54 Å². The molecule has 0 aliphatic carbocycles. The molecule has 0 fully saturated rings. The Morgan fingerprint density at radius 3 is 2.42 bits per heavy atom. The highest BCUT2D eigenvalue weighted by atomic mass is 32.2. The van der Waals surface area contributed by atoms with Gasteiger partial charge in [0, 0.05) is 19.8 Å². The second-order valence-electron chi connectivity index (χ2n) is 7.79. The van der Waals surface area contributed by atoms with Crippen LogP contribution < -0.4 is 11.2 Å². The predicted octanol–water partition coefficient (Wildman–Crippen LogP) is 3.52. The van der Waals surface area contributed by atoms with Gasteiger partial charge in [0.1, 0.15) is 0 Å². The fraction of sp³-hybridized carbons (Fsp3) is 0.292. The minimum atomic E-state index is -0.363. The number of imidazole rings is 1. The number of rotatable bonds is 7. The average Bonchev–Trinajstić information content (AvgIpc) is 3.13. The topological polar surface area (TPSA) is 61.8 Å². The third-order valence-corrected chi connectivity index (χ3v) is 6.48. The number of fused-ring (bicyclic) bond motifs is 1. The van der Waals surface area contributed by atoms with Crippen LogP contribution in [0.4, 0.5) is 0 Å². The number of aromatic nitrogens is 4. The maximum absolute atomic E-state index is 13.0. The molecule has 0 amide bonds. The molecule has 2 aromatic carbocycles. The lowest BCUT2D eigenvalue weighted by Crippen LogP contribution is -2.37. The lowest BCUT2D eigenvalue weighted by atomic mass is 10.1. The molecule has 2 aromatic heterocycles. The SMILES string of the molecule is Cc1cccc(Cn2c(SCCCc3ccccc3)nc3c2c(=O)n(C)c(=O)n3C)c1. The Bertz CT molecular complexity index is 1340. The molecule has 0 saturated heterocycles. The van der Waals surface area contributed by atoms with Crippen molar-refractivity contribution in [2.75, 3.05) is 5.75 Å². The number of aryl methyl sites for hydroxylation is 3. The lowest BCUT2D eigenvalue weighted by Gasteiger charge is -2.10. The van der Waals surface area contributed by atoms with Crippen molar-refractivity contribution in [1.29, 1.82) is 0 Å². The standard InChI is InChI=1S/C24H26N4O2S/c1-17-9-7-12-19(15-17)16-28-20-21(26(2)24(30)27(3)22(20)29)25-23(28)31-14-8-13-18-10-5-4-6-11-18/h4-7,9-12,15H,8,13-14,16H2,1-3H3. The summed E-state index contributed by atoms with van der Waals surface area (Å²) in [6.45, 7) is 2.59. The van der Waals surface area contributed by atoms with E-state index >= 15 is 0 Å². The molecule has 4 rings (SSSR count). The third kappa shape index (κ3) is 4.37. The monoisotopic (exact) mass is 434 g/mol. The van der Waals surface area contributed by atoms with Gasteiger partial charge in [-0.15, -0.1) is 0 Å². The smallest absolute Gasteiger partial charge is 0.309 e. The Labute approximate surface area is 185 Å². The quantitative estimate of drug-likeness (QED) is 0.330. The Balaban J connectivity index is 1.69. The first-order valence-corrected chi connectivity index (χ1v) is 11.3. The van der Waals surface area contributed by atoms with Crippen LogP contribution in [0, 0.1) is 6.92 Å². The minimum absolute atomic E-state index is 0.311. The summed E-state index contributed by atoms with van der Waals surface area (Å²) in [5.41, 5.74) is 3.81. The lowest BCUT2D eigenvalue weighted by molar-refractivity contribution is 0.696. The van der Waals surface area contributed by atoms with Gasteiger partial charge in [0.2, 0.25) is 0 Å². The summed E-state index contributed by atoms with van der Waals surface area (Å²) in [4.78, 5) is 30.1. The molecule has 0 aliphatic rings. The summed E-state index contributed by atoms with van der Waals surface area (Å²) in [6.07, 6.45) is 1.99. The number of thioether (sulfide) groups is 1. The summed E-state index contributed by atoms with van der Waals surface area (Å²) >= 11 is 1.63. The van der Waals surface area contributed by atoms with E-state index in [1.807, 2.05) is 16.7 Å². The zero-order valence-electron chi connectivity index (χ0n) is 18.0. The van der Waals surface area contributed by atoms with Crippen LogP contribution in [-0.2, 0) is 27.1 Å². The van der Waals surface area contributed by atoms with Gasteiger partial charge in [-0.2, -0.15) is 0 Å². The molecule has 7 heteroatoms. The molecular formula is C24H26N4O2S. The predicted molar refractivity (Wildman–Crippen MR) is 126 cm³/mol. The van der Waals surface area contributed by atoms with E-state index in [-0.39, 0.29) is 11.2 Å². The normalized spacial score (nSPS) is 11.3. The van der Waals surface area contributed by atoms with Gasteiger partial charge in [-0.1, -0.05) is 71.9 Å². The molecule has 0 saturated carbocycles. The van der Waals surface area contributed by atoms with Crippen molar-refractivity contribution in [3.63, 3.8) is 0 Å². The van der Waals surface area contributed by atoms with Crippen LogP contribution in [0.25, 0.3) is 11.2 Å². The van der Waals surface area contributed by atoms with Gasteiger partial charge in [0.15, 0.2) is 16.3 Å². The second-order valence-corrected chi connectivity index (χ2v) is 8.85. The van der Waals surface area contributed by atoms with Crippen LogP contribution >= 0.6 is 11.8 Å². The molecule has 160 valence electrons. The van der Waals surface area contributed by atoms with E-state index in [0.717, 1.165) is 33.9 Å². The van der Waals surface area contributed by atoms with E-state index in [1.165, 1.54) is 22.7 Å². The van der Waals surface area contributed by atoms with E-state index < -0.39 is 0 Å². The van der Waals surface area contributed by atoms with Crippen molar-refractivity contribution >= 4 is 22.9 Å². The minimum Gasteiger partial charge on any atom is -0.309 e. The highest BCUT2D eigenvalue weighted by Crippen LogP contribution is 2.24. The summed E-state index contributed by atoms with van der Waals surface area (Å²) in [6, 6.07) is 18.6. The van der Waals surface area contributed by atoms with Gasteiger partial charge in [0.25, 0.3) is 5.56 Å². The summed E-state index contributed by atoms with van der Waals surface area (Å²) in [7, 11) is 3.18. The van der Waals surface area contributed by atoms with Crippen LogP contribution in [0.3, 0.4) is 0 Å². The van der Waals surface area contributed by atoms with E-state index in [4.69, 9.17) is 4.98 Å². The van der Waals surface area contributed by atoms with Crippen molar-refractivity contribution in [3.05, 3.63) is 92.1 Å². The van der Waals surface area contributed by atoms with Crippen LogP contribution in [0.1, 0.15) is 23.1 Å². The molecule has 0 spiro atoms. The molecule has 31 heavy (non-hydrogen) atoms. The van der Waals surface area contributed by atoms with Crippen LogP contribution in [0.15, 0.2) is 69.3 Å². The molecular weight excluding hydrogens is 408 g/mol. The molecule has 0 aliphatic heterocycles. The van der Waals surface area contributed by atoms with E-state index in [0.29, 0.717) is 17.7 Å². The average molecular weight is 435 g/mol. The largest absolute Gasteiger partial charge is 0.332 e. The van der Waals surface area contributed by atoms with Crippen molar-refractivity contribution in [2.45, 2.75) is 31.5 Å². The maximum atomic E-state index is 13.0. The van der Waals surface area contributed by atoms with Crippen molar-refractivity contribution in [3.8, 4) is 0 Å². The maximum Gasteiger partial charge on any atom is 0.332 e. The van der Waals surface area contributed by atoms with Gasteiger partial charge in [-0.25, -0.2) is 9.78 Å². The Hall–Kier alpha value is -3.06. The molecule has 4 aromatic rings. The zero-order valence-corrected chi connectivity index (χ0v) is 18.9. The molecule has 0 unspecified atom stereocenters. The second kappa shape index (κ2) is 8.98. The Morgan fingerprint density at radius 1 is 0.935 bits per heavy atom. The summed E-state index contributed by atoms with van der Waals surface area (Å²) in [5, 5.41) is 0.767. The van der Waals surface area contributed by atoms with Crippen LogP contribution in [0.2, 0.25) is 0 Å². The molecule has 0 bridgehead atoms. The van der Waals surface area contributed by atoms with Crippen molar-refractivity contribution in [1.82, 2.24) is 18.7 Å². The zero-order chi connectivity index (χ0) is 22.0. The van der Waals surface area contributed by atoms with Gasteiger partial charge < -0.3 is 4.57 Å². The molecule has 0 atom stereocenters. The van der Waals surface area contributed by atoms with E-state index in [1.54, 1.807) is 18.8 Å². The number of benzene rings is 2. The Kier molecular flexibility index (Phi) is 6.13. The molecule has 6 nitrogen and oxygen atoms in total. The van der Waals surface area contributed by atoms with Crippen molar-refractivity contribution in [2.24, 2.45) is 14.1 Å². The first-order valence-electron chi connectivity index (χ1n) is 10.3. The van der Waals surface area contributed by atoms with E-state index in [2.05, 4.69) is 49.4 Å². The van der Waals surface area contributed by atoms with Gasteiger partial charge in [-0.3, -0.25) is 13.9 Å². The molecule has 0 N–H and O–H groups in total. The van der Waals surface area contributed by atoms with Crippen LogP contribution in [0.5, 0.6) is 0 Å². The Morgan fingerprint density at radius 2 is 1.68 bits per heavy atom. The third-order valence-electron chi connectivity index (χ3n) is 5.42. The van der Waals surface area contributed by atoms with Gasteiger partial charge >= 0.3 is 5.69 Å². The van der Waals surface area contributed by atoms with Crippen LogP contribution in [-0.4, -0.2) is 24.4 Å². The first-order chi connectivity index (χ1) is 15.0. The van der Waals surface area contributed by atoms with E-state index in [9.17, 15) is 9.59 Å². The first kappa shape index (κ1) is 21.2. The number of nitrogens with zero attached hydrogens (tertiary/aromatic N) is 4. The van der Waals surface area contributed by atoms with Crippen molar-refractivity contribution < 1.29 is 0 Å². The summed E-state index contributed by atoms with van der Waals surface area (Å²) in [5.74, 6) is 0.875. The highest BCUT2D eigenvalue weighted by Gasteiger charge is 2.19. The fourth-order valence-electron chi connectivity index (χ4n) is 3.76. The van der Waals surface area contributed by atoms with Gasteiger partial charge in [-0.05, 0) is 30.9 Å². The molecule has 0 radical (unpaired) electrons.